The fraction of sp³-hybridized carbons (Fsp3) is 0.882. The van der Waals surface area contributed by atoms with Crippen LogP contribution in [0.1, 0.15) is 66.2 Å². The molecule has 0 saturated heterocycles. The van der Waals surface area contributed by atoms with Gasteiger partial charge in [0.1, 0.15) is 0 Å². The van der Waals surface area contributed by atoms with Crippen LogP contribution in [0, 0.1) is 29.6 Å². The van der Waals surface area contributed by atoms with E-state index < -0.39 is 0 Å². The van der Waals surface area contributed by atoms with Crippen molar-refractivity contribution < 1.29 is 0 Å². The highest BCUT2D eigenvalue weighted by Crippen LogP contribution is 2.37. The molecule has 3 atom stereocenters. The highest BCUT2D eigenvalue weighted by Gasteiger charge is 2.29. The summed E-state index contributed by atoms with van der Waals surface area (Å²) in [7, 11) is 0. The van der Waals surface area contributed by atoms with Crippen molar-refractivity contribution >= 4 is 0 Å². The zero-order chi connectivity index (χ0) is 13.4. The third-order valence-electron chi connectivity index (χ3n) is 4.27. The Morgan fingerprint density at radius 1 is 1.22 bits per heavy atom. The van der Waals surface area contributed by atoms with E-state index in [9.17, 15) is 0 Å². The summed E-state index contributed by atoms with van der Waals surface area (Å²) in [5.41, 5.74) is 0. The first-order chi connectivity index (χ1) is 8.67. The van der Waals surface area contributed by atoms with Crippen molar-refractivity contribution in [1.29, 1.82) is 0 Å². The van der Waals surface area contributed by atoms with E-state index in [1.54, 1.807) is 0 Å². The van der Waals surface area contributed by atoms with E-state index >= 15 is 0 Å². The van der Waals surface area contributed by atoms with Crippen molar-refractivity contribution in [2.45, 2.75) is 72.3 Å². The average Bonchev–Trinajstić information content (AvgIpc) is 2.35. The molecule has 0 aromatic heterocycles. The number of nitrogens with one attached hydrogen (secondary N) is 1. The number of rotatable bonds is 6. The lowest BCUT2D eigenvalue weighted by Gasteiger charge is -2.36. The Morgan fingerprint density at radius 3 is 2.61 bits per heavy atom. The molecule has 1 aliphatic rings. The smallest absolute Gasteiger partial charge is 0.0120 e. The molecular formula is C17H31N. The Kier molecular flexibility index (Phi) is 7.44. The van der Waals surface area contributed by atoms with Crippen molar-refractivity contribution in [3.63, 3.8) is 0 Å². The van der Waals surface area contributed by atoms with Crippen molar-refractivity contribution in [2.75, 3.05) is 6.54 Å². The fourth-order valence-electron chi connectivity index (χ4n) is 3.23. The quantitative estimate of drug-likeness (QED) is 0.695. The van der Waals surface area contributed by atoms with Crippen LogP contribution in [0.15, 0.2) is 0 Å². The second-order valence-corrected chi connectivity index (χ2v) is 6.18. The normalized spacial score (nSPS) is 27.9. The second-order valence-electron chi connectivity index (χ2n) is 6.18. The minimum atomic E-state index is 0.608. The van der Waals surface area contributed by atoms with Crippen LogP contribution in [0.5, 0.6) is 0 Å². The van der Waals surface area contributed by atoms with Gasteiger partial charge in [-0.1, -0.05) is 40.0 Å². The van der Waals surface area contributed by atoms with Crippen LogP contribution in [0.2, 0.25) is 0 Å². The summed E-state index contributed by atoms with van der Waals surface area (Å²) in [6.07, 6.45) is 8.12. The topological polar surface area (TPSA) is 12.0 Å². The zero-order valence-corrected chi connectivity index (χ0v) is 12.8. The van der Waals surface area contributed by atoms with Gasteiger partial charge >= 0.3 is 0 Å². The molecule has 0 aliphatic heterocycles. The van der Waals surface area contributed by atoms with E-state index in [0.29, 0.717) is 6.04 Å². The lowest BCUT2D eigenvalue weighted by molar-refractivity contribution is 0.169. The molecule has 104 valence electrons. The van der Waals surface area contributed by atoms with Gasteiger partial charge in [-0.3, -0.25) is 0 Å². The van der Waals surface area contributed by atoms with E-state index in [2.05, 4.69) is 37.9 Å². The Morgan fingerprint density at radius 2 is 2.00 bits per heavy atom. The van der Waals surface area contributed by atoms with Gasteiger partial charge in [-0.2, -0.15) is 0 Å². The molecule has 1 N–H and O–H groups in total. The first kappa shape index (κ1) is 15.6. The van der Waals surface area contributed by atoms with Gasteiger partial charge in [0.15, 0.2) is 0 Å². The summed E-state index contributed by atoms with van der Waals surface area (Å²) in [5.74, 6) is 9.04. The minimum absolute atomic E-state index is 0.608. The number of hydrogen-bond acceptors (Lipinski definition) is 1. The third kappa shape index (κ3) is 5.44. The van der Waals surface area contributed by atoms with E-state index in [4.69, 9.17) is 0 Å². The van der Waals surface area contributed by atoms with E-state index in [1.807, 2.05) is 6.92 Å². The maximum Gasteiger partial charge on any atom is 0.0120 e. The van der Waals surface area contributed by atoms with Crippen LogP contribution in [0.4, 0.5) is 0 Å². The van der Waals surface area contributed by atoms with E-state index in [-0.39, 0.29) is 0 Å². The molecule has 0 aromatic rings. The molecule has 0 aromatic carbocycles. The Labute approximate surface area is 114 Å². The first-order valence-electron chi connectivity index (χ1n) is 7.80. The van der Waals surface area contributed by atoms with Crippen molar-refractivity contribution in [1.82, 2.24) is 5.32 Å². The monoisotopic (exact) mass is 249 g/mol. The summed E-state index contributed by atoms with van der Waals surface area (Å²) < 4.78 is 0. The van der Waals surface area contributed by atoms with Crippen molar-refractivity contribution in [3.05, 3.63) is 0 Å². The number of hydrogen-bond donors (Lipinski definition) is 1. The zero-order valence-electron chi connectivity index (χ0n) is 12.8. The van der Waals surface area contributed by atoms with Gasteiger partial charge in [-0.25, -0.2) is 0 Å². The molecule has 1 saturated carbocycles. The lowest BCUT2D eigenvalue weighted by Crippen LogP contribution is -2.35. The van der Waals surface area contributed by atoms with Crippen LogP contribution in [0.3, 0.4) is 0 Å². The van der Waals surface area contributed by atoms with Gasteiger partial charge in [-0.15, -0.1) is 11.8 Å². The SMILES string of the molecule is CC#CCC1CC(CCC)CCC1CNC(C)C. The molecule has 1 fully saturated rings. The largest absolute Gasteiger partial charge is 0.314 e. The molecule has 1 nitrogen and oxygen atoms in total. The van der Waals surface area contributed by atoms with Crippen LogP contribution >= 0.6 is 0 Å². The van der Waals surface area contributed by atoms with Gasteiger partial charge in [0.25, 0.3) is 0 Å². The maximum atomic E-state index is 3.62. The van der Waals surface area contributed by atoms with Crippen molar-refractivity contribution in [3.8, 4) is 11.8 Å². The maximum absolute atomic E-state index is 3.62. The second kappa shape index (κ2) is 8.59. The van der Waals surface area contributed by atoms with Gasteiger partial charge in [0.05, 0.1) is 0 Å². The minimum Gasteiger partial charge on any atom is -0.314 e. The van der Waals surface area contributed by atoms with Crippen LogP contribution in [-0.2, 0) is 0 Å². The van der Waals surface area contributed by atoms with Gasteiger partial charge in [0, 0.05) is 12.5 Å². The molecule has 1 aliphatic carbocycles. The van der Waals surface area contributed by atoms with Crippen LogP contribution in [-0.4, -0.2) is 12.6 Å². The van der Waals surface area contributed by atoms with Gasteiger partial charge in [-0.05, 0) is 44.1 Å². The predicted molar refractivity (Wildman–Crippen MR) is 80.4 cm³/mol. The summed E-state index contributed by atoms with van der Waals surface area (Å²) in [6, 6.07) is 0.608. The standard InChI is InChI=1S/C17H31N/c1-5-7-9-16-12-15(8-6-2)10-11-17(16)13-18-14(3)4/h14-18H,6,8-13H2,1-4H3. The summed E-state index contributed by atoms with van der Waals surface area (Å²) in [4.78, 5) is 0. The molecule has 0 spiro atoms. The Hall–Kier alpha value is -0.480. The molecule has 0 radical (unpaired) electrons. The van der Waals surface area contributed by atoms with E-state index in [1.165, 1.54) is 38.6 Å². The first-order valence-corrected chi connectivity index (χ1v) is 7.80. The van der Waals surface area contributed by atoms with E-state index in [0.717, 1.165) is 24.2 Å². The van der Waals surface area contributed by atoms with Crippen LogP contribution in [0.25, 0.3) is 0 Å². The molecule has 0 amide bonds. The molecule has 0 heterocycles. The van der Waals surface area contributed by atoms with Gasteiger partial charge in [0.2, 0.25) is 0 Å². The summed E-state index contributed by atoms with van der Waals surface area (Å²) in [6.45, 7) is 9.95. The molecule has 1 rings (SSSR count). The lowest BCUT2D eigenvalue weighted by atomic mass is 9.71. The fourth-order valence-corrected chi connectivity index (χ4v) is 3.23. The molecule has 0 bridgehead atoms. The molecule has 1 heteroatoms. The predicted octanol–water partition coefficient (Wildman–Crippen LogP) is 4.23. The molecule has 18 heavy (non-hydrogen) atoms. The third-order valence-corrected chi connectivity index (χ3v) is 4.27. The highest BCUT2D eigenvalue weighted by atomic mass is 14.9. The molecular weight excluding hydrogens is 218 g/mol. The Bertz CT molecular complexity index is 271. The van der Waals surface area contributed by atoms with Gasteiger partial charge < -0.3 is 5.32 Å². The van der Waals surface area contributed by atoms with Crippen LogP contribution < -0.4 is 5.32 Å². The average molecular weight is 249 g/mol. The summed E-state index contributed by atoms with van der Waals surface area (Å²) >= 11 is 0. The summed E-state index contributed by atoms with van der Waals surface area (Å²) in [5, 5.41) is 3.62. The Balaban J connectivity index is 2.49. The highest BCUT2D eigenvalue weighted by molar-refractivity contribution is 4.98. The molecule has 3 unspecified atom stereocenters. The van der Waals surface area contributed by atoms with Crippen molar-refractivity contribution in [2.24, 2.45) is 17.8 Å².